The minimum atomic E-state index is 0. The Morgan fingerprint density at radius 1 is 1.35 bits per heavy atom. The molecule has 0 bridgehead atoms. The number of allylic oxidation sites excluding steroid dienone is 1. The number of hydrogen-bond donors (Lipinski definition) is 1. The maximum Gasteiger partial charge on any atom is 0.193 e. The lowest BCUT2D eigenvalue weighted by molar-refractivity contribution is 0.455. The zero-order valence-electron chi connectivity index (χ0n) is 16.0. The van der Waals surface area contributed by atoms with E-state index < -0.39 is 0 Å². The zero-order chi connectivity index (χ0) is 17.9. The third kappa shape index (κ3) is 7.35. The fraction of sp³-hybridized carbons (Fsp3) is 0.500. The molecule has 0 aliphatic heterocycles. The van der Waals surface area contributed by atoms with Gasteiger partial charge < -0.3 is 14.6 Å². The first-order chi connectivity index (χ1) is 12.2. The van der Waals surface area contributed by atoms with E-state index in [1.807, 2.05) is 30.5 Å². The van der Waals surface area contributed by atoms with Crippen LogP contribution in [0.25, 0.3) is 5.65 Å². The predicted octanol–water partition coefficient (Wildman–Crippen LogP) is 4.14. The SMILES string of the molecule is C=CCCCCCN(C)C(=NCCc1cn2ccccc2n1)NCC.I. The molecule has 26 heavy (non-hydrogen) atoms. The number of imidazole rings is 1. The Labute approximate surface area is 174 Å². The Bertz CT molecular complexity index is 647. The van der Waals surface area contributed by atoms with Gasteiger partial charge in [0, 0.05) is 45.5 Å². The lowest BCUT2D eigenvalue weighted by Crippen LogP contribution is -2.39. The fourth-order valence-electron chi connectivity index (χ4n) is 2.77. The average Bonchev–Trinajstić information content (AvgIpc) is 3.03. The molecule has 0 fully saturated rings. The second-order valence-corrected chi connectivity index (χ2v) is 6.24. The Morgan fingerprint density at radius 3 is 2.92 bits per heavy atom. The number of halogens is 1. The van der Waals surface area contributed by atoms with Crippen LogP contribution in [0.3, 0.4) is 0 Å². The molecule has 5 nitrogen and oxygen atoms in total. The Hall–Kier alpha value is -1.57. The Balaban J connectivity index is 0.00000338. The van der Waals surface area contributed by atoms with Crippen LogP contribution in [0.1, 0.15) is 38.3 Å². The van der Waals surface area contributed by atoms with Gasteiger partial charge in [0.1, 0.15) is 5.65 Å². The van der Waals surface area contributed by atoms with Gasteiger partial charge in [-0.1, -0.05) is 18.6 Å². The predicted molar refractivity (Wildman–Crippen MR) is 122 cm³/mol. The van der Waals surface area contributed by atoms with E-state index >= 15 is 0 Å². The van der Waals surface area contributed by atoms with Gasteiger partial charge in [0.05, 0.1) is 5.69 Å². The van der Waals surface area contributed by atoms with E-state index in [9.17, 15) is 0 Å². The first-order valence-electron chi connectivity index (χ1n) is 9.27. The van der Waals surface area contributed by atoms with Crippen molar-refractivity contribution in [3.05, 3.63) is 48.9 Å². The van der Waals surface area contributed by atoms with Crippen molar-refractivity contribution >= 4 is 35.6 Å². The van der Waals surface area contributed by atoms with Crippen molar-refractivity contribution in [2.75, 3.05) is 26.7 Å². The summed E-state index contributed by atoms with van der Waals surface area (Å²) < 4.78 is 2.06. The molecule has 2 rings (SSSR count). The summed E-state index contributed by atoms with van der Waals surface area (Å²) in [5.41, 5.74) is 2.07. The number of rotatable bonds is 10. The van der Waals surface area contributed by atoms with Crippen LogP contribution in [0.5, 0.6) is 0 Å². The summed E-state index contributed by atoms with van der Waals surface area (Å²) in [6.45, 7) is 8.53. The van der Waals surface area contributed by atoms with Gasteiger partial charge in [-0.15, -0.1) is 30.6 Å². The number of fused-ring (bicyclic) bond motifs is 1. The quantitative estimate of drug-likeness (QED) is 0.187. The fourth-order valence-corrected chi connectivity index (χ4v) is 2.77. The van der Waals surface area contributed by atoms with Crippen molar-refractivity contribution in [1.82, 2.24) is 19.6 Å². The lowest BCUT2D eigenvalue weighted by Gasteiger charge is -2.22. The molecule has 0 saturated heterocycles. The molecular weight excluding hydrogens is 437 g/mol. The largest absolute Gasteiger partial charge is 0.357 e. The molecule has 2 heterocycles. The molecule has 0 aliphatic rings. The average molecular weight is 469 g/mol. The van der Waals surface area contributed by atoms with Crippen LogP contribution in [-0.4, -0.2) is 46.9 Å². The van der Waals surface area contributed by atoms with Gasteiger partial charge in [-0.2, -0.15) is 0 Å². The smallest absolute Gasteiger partial charge is 0.193 e. The van der Waals surface area contributed by atoms with Crippen LogP contribution in [-0.2, 0) is 6.42 Å². The van der Waals surface area contributed by atoms with Gasteiger partial charge in [0.2, 0.25) is 0 Å². The van der Waals surface area contributed by atoms with Crippen LogP contribution in [0.4, 0.5) is 0 Å². The third-order valence-electron chi connectivity index (χ3n) is 4.14. The van der Waals surface area contributed by atoms with Crippen LogP contribution < -0.4 is 5.32 Å². The monoisotopic (exact) mass is 469 g/mol. The molecule has 0 saturated carbocycles. The van der Waals surface area contributed by atoms with E-state index in [2.05, 4.69) is 46.3 Å². The molecule has 2 aromatic heterocycles. The van der Waals surface area contributed by atoms with Crippen LogP contribution >= 0.6 is 24.0 Å². The van der Waals surface area contributed by atoms with Crippen molar-refractivity contribution < 1.29 is 0 Å². The third-order valence-corrected chi connectivity index (χ3v) is 4.14. The Kier molecular flexibility index (Phi) is 11.0. The van der Waals surface area contributed by atoms with Crippen molar-refractivity contribution in [2.45, 2.75) is 39.0 Å². The number of nitrogens with zero attached hydrogens (tertiary/aromatic N) is 4. The second-order valence-electron chi connectivity index (χ2n) is 6.24. The minimum absolute atomic E-state index is 0. The standard InChI is InChI=1S/C20H31N5.HI/c1-4-6-7-8-10-15-24(3)20(21-5-2)22-14-13-18-17-25-16-11-9-12-19(25)23-18;/h4,9,11-12,16-17H,1,5-8,10,13-15H2,2-3H3,(H,21,22);1H. The van der Waals surface area contributed by atoms with E-state index in [4.69, 9.17) is 4.99 Å². The summed E-state index contributed by atoms with van der Waals surface area (Å²) in [5, 5.41) is 3.38. The molecule has 2 aromatic rings. The molecule has 0 radical (unpaired) electrons. The number of aromatic nitrogens is 2. The highest BCUT2D eigenvalue weighted by Crippen LogP contribution is 2.05. The summed E-state index contributed by atoms with van der Waals surface area (Å²) >= 11 is 0. The number of unbranched alkanes of at least 4 members (excludes halogenated alkanes) is 3. The van der Waals surface area contributed by atoms with E-state index in [0.29, 0.717) is 0 Å². The van der Waals surface area contributed by atoms with E-state index in [1.54, 1.807) is 0 Å². The van der Waals surface area contributed by atoms with Gasteiger partial charge in [-0.25, -0.2) is 4.98 Å². The summed E-state index contributed by atoms with van der Waals surface area (Å²) in [7, 11) is 2.11. The highest BCUT2D eigenvalue weighted by molar-refractivity contribution is 14.0. The van der Waals surface area contributed by atoms with Crippen LogP contribution in [0.15, 0.2) is 48.2 Å². The Morgan fingerprint density at radius 2 is 2.19 bits per heavy atom. The van der Waals surface area contributed by atoms with Crippen molar-refractivity contribution in [2.24, 2.45) is 4.99 Å². The number of guanidine groups is 1. The van der Waals surface area contributed by atoms with Gasteiger partial charge in [-0.05, 0) is 38.3 Å². The van der Waals surface area contributed by atoms with Crippen molar-refractivity contribution in [3.8, 4) is 0 Å². The first-order valence-corrected chi connectivity index (χ1v) is 9.27. The summed E-state index contributed by atoms with van der Waals surface area (Å²) in [4.78, 5) is 11.6. The first kappa shape index (κ1) is 22.5. The molecule has 6 heteroatoms. The highest BCUT2D eigenvalue weighted by Gasteiger charge is 2.06. The van der Waals surface area contributed by atoms with Crippen molar-refractivity contribution in [1.29, 1.82) is 0 Å². The van der Waals surface area contributed by atoms with Gasteiger partial charge in [0.15, 0.2) is 5.96 Å². The lowest BCUT2D eigenvalue weighted by atomic mass is 10.2. The molecule has 0 unspecified atom stereocenters. The van der Waals surface area contributed by atoms with Gasteiger partial charge in [0.25, 0.3) is 0 Å². The molecule has 0 spiro atoms. The topological polar surface area (TPSA) is 44.9 Å². The van der Waals surface area contributed by atoms with Gasteiger partial charge in [-0.3, -0.25) is 4.99 Å². The van der Waals surface area contributed by atoms with Gasteiger partial charge >= 0.3 is 0 Å². The molecule has 0 amide bonds. The summed E-state index contributed by atoms with van der Waals surface area (Å²) in [5.74, 6) is 0.981. The maximum atomic E-state index is 4.76. The number of aliphatic imine (C=N–C) groups is 1. The van der Waals surface area contributed by atoms with E-state index in [1.165, 1.54) is 19.3 Å². The molecule has 1 N–H and O–H groups in total. The molecule has 144 valence electrons. The number of pyridine rings is 1. The van der Waals surface area contributed by atoms with E-state index in [-0.39, 0.29) is 24.0 Å². The molecule has 0 aromatic carbocycles. The van der Waals surface area contributed by atoms with Crippen molar-refractivity contribution in [3.63, 3.8) is 0 Å². The van der Waals surface area contributed by atoms with E-state index in [0.717, 1.165) is 49.8 Å². The van der Waals surface area contributed by atoms with Crippen LogP contribution in [0, 0.1) is 0 Å². The molecule has 0 atom stereocenters. The second kappa shape index (κ2) is 12.7. The summed E-state index contributed by atoms with van der Waals surface area (Å²) in [6, 6.07) is 6.05. The normalized spacial score (nSPS) is 11.2. The minimum Gasteiger partial charge on any atom is -0.357 e. The highest BCUT2D eigenvalue weighted by atomic mass is 127. The summed E-state index contributed by atoms with van der Waals surface area (Å²) in [6.07, 6.45) is 11.7. The molecule has 0 aliphatic carbocycles. The van der Waals surface area contributed by atoms with Crippen LogP contribution in [0.2, 0.25) is 0 Å². The number of hydrogen-bond acceptors (Lipinski definition) is 2. The molecular formula is C20H32IN5. The number of nitrogens with one attached hydrogen (secondary N) is 1. The zero-order valence-corrected chi connectivity index (χ0v) is 18.4. The maximum absolute atomic E-state index is 4.76.